The number of rotatable bonds is 5. The predicted molar refractivity (Wildman–Crippen MR) is 140 cm³/mol. The lowest BCUT2D eigenvalue weighted by molar-refractivity contribution is -0.149. The third-order valence-electron chi connectivity index (χ3n) is 8.66. The summed E-state index contributed by atoms with van der Waals surface area (Å²) in [5.74, 6) is 0.947. The van der Waals surface area contributed by atoms with Crippen molar-refractivity contribution in [1.29, 1.82) is 0 Å². The minimum absolute atomic E-state index is 0.0828. The molecule has 35 heavy (non-hydrogen) atoms. The highest BCUT2D eigenvalue weighted by atomic mass is 16.5. The van der Waals surface area contributed by atoms with E-state index in [1.54, 1.807) is 7.11 Å². The Kier molecular flexibility index (Phi) is 6.32. The van der Waals surface area contributed by atoms with Crippen LogP contribution in [0, 0.1) is 0 Å². The van der Waals surface area contributed by atoms with Gasteiger partial charge in [-0.1, -0.05) is 42.5 Å². The summed E-state index contributed by atoms with van der Waals surface area (Å²) < 4.78 is 12.0. The van der Waals surface area contributed by atoms with E-state index in [0.29, 0.717) is 0 Å². The molecule has 5 nitrogen and oxygen atoms in total. The lowest BCUT2D eigenvalue weighted by atomic mass is 9.55. The normalized spacial score (nSPS) is 26.8. The van der Waals surface area contributed by atoms with Gasteiger partial charge in [0.1, 0.15) is 5.75 Å². The van der Waals surface area contributed by atoms with Gasteiger partial charge in [0.25, 0.3) is 5.91 Å². The van der Waals surface area contributed by atoms with Gasteiger partial charge < -0.3 is 19.3 Å². The number of likely N-dealkylation sites (N-methyl/N-ethyl adjacent to an activating group) is 1. The predicted octanol–water partition coefficient (Wildman–Crippen LogP) is 5.13. The number of methoxy groups -OCH3 is 2. The Bertz CT molecular complexity index is 1230. The molecule has 1 amide bonds. The van der Waals surface area contributed by atoms with Crippen molar-refractivity contribution < 1.29 is 14.3 Å². The second kappa shape index (κ2) is 9.29. The Morgan fingerprint density at radius 2 is 1.80 bits per heavy atom. The first-order valence-corrected chi connectivity index (χ1v) is 12.6. The molecule has 2 aliphatic rings. The number of benzene rings is 3. The molecule has 1 saturated carbocycles. The standard InChI is InChI=1S/C30H36N2O3/c1-31-17-16-29(25-10-7-11-27(19-25)34-3)20-26(14-15-30(29,21-31)35-4)32(2)28(33)24-13-12-22-8-5-6-9-23(22)18-24/h5-13,18-19,26H,14-17,20-21H2,1-4H3. The van der Waals surface area contributed by atoms with Crippen LogP contribution in [0.25, 0.3) is 10.8 Å². The molecule has 0 N–H and O–H groups in total. The molecule has 3 unspecified atom stereocenters. The van der Waals surface area contributed by atoms with Gasteiger partial charge in [0, 0.05) is 37.7 Å². The molecule has 0 bridgehead atoms. The van der Waals surface area contributed by atoms with E-state index in [1.165, 1.54) is 5.56 Å². The van der Waals surface area contributed by atoms with Crippen molar-refractivity contribution in [1.82, 2.24) is 9.80 Å². The molecule has 3 atom stereocenters. The van der Waals surface area contributed by atoms with Gasteiger partial charge in [-0.2, -0.15) is 0 Å². The van der Waals surface area contributed by atoms with Crippen LogP contribution in [0.2, 0.25) is 0 Å². The average molecular weight is 473 g/mol. The summed E-state index contributed by atoms with van der Waals surface area (Å²) in [4.78, 5) is 18.0. The van der Waals surface area contributed by atoms with Crippen LogP contribution in [0.4, 0.5) is 0 Å². The Morgan fingerprint density at radius 1 is 1.00 bits per heavy atom. The maximum Gasteiger partial charge on any atom is 0.253 e. The van der Waals surface area contributed by atoms with Gasteiger partial charge in [-0.3, -0.25) is 4.79 Å². The molecule has 1 aliphatic carbocycles. The first-order chi connectivity index (χ1) is 16.9. The van der Waals surface area contributed by atoms with E-state index in [4.69, 9.17) is 9.47 Å². The van der Waals surface area contributed by atoms with Crippen LogP contribution in [-0.4, -0.2) is 68.8 Å². The van der Waals surface area contributed by atoms with Crippen LogP contribution in [0.5, 0.6) is 5.75 Å². The summed E-state index contributed by atoms with van der Waals surface area (Å²) >= 11 is 0. The number of piperidine rings is 1. The molecule has 184 valence electrons. The molecule has 3 aromatic carbocycles. The van der Waals surface area contributed by atoms with Gasteiger partial charge in [-0.05, 0) is 79.9 Å². The summed E-state index contributed by atoms with van der Waals surface area (Å²) in [6, 6.07) is 22.8. The molecule has 1 saturated heterocycles. The SMILES string of the molecule is COc1cccc(C23CCN(C)CC2(OC)CCC(N(C)C(=O)c2ccc4ccccc4c2)C3)c1. The van der Waals surface area contributed by atoms with Crippen LogP contribution < -0.4 is 4.74 Å². The Balaban J connectivity index is 1.50. The Morgan fingerprint density at radius 3 is 2.57 bits per heavy atom. The molecule has 1 aliphatic heterocycles. The van der Waals surface area contributed by atoms with Gasteiger partial charge in [0.2, 0.25) is 0 Å². The fraction of sp³-hybridized carbons (Fsp3) is 0.433. The number of ether oxygens (including phenoxy) is 2. The topological polar surface area (TPSA) is 42.0 Å². The second-order valence-electron chi connectivity index (χ2n) is 10.4. The quantitative estimate of drug-likeness (QED) is 0.516. The minimum Gasteiger partial charge on any atom is -0.497 e. The zero-order valence-corrected chi connectivity index (χ0v) is 21.3. The molecule has 2 fully saturated rings. The van der Waals surface area contributed by atoms with E-state index in [9.17, 15) is 4.79 Å². The van der Waals surface area contributed by atoms with E-state index in [1.807, 2.05) is 55.5 Å². The van der Waals surface area contributed by atoms with E-state index < -0.39 is 0 Å². The fourth-order valence-corrected chi connectivity index (χ4v) is 6.62. The van der Waals surface area contributed by atoms with Crippen molar-refractivity contribution in [2.45, 2.75) is 42.7 Å². The molecule has 5 rings (SSSR count). The van der Waals surface area contributed by atoms with E-state index in [0.717, 1.165) is 60.9 Å². The largest absolute Gasteiger partial charge is 0.497 e. The number of amides is 1. The van der Waals surface area contributed by atoms with Crippen LogP contribution in [0.1, 0.15) is 41.6 Å². The van der Waals surface area contributed by atoms with Crippen LogP contribution in [-0.2, 0) is 10.2 Å². The number of hydrogen-bond acceptors (Lipinski definition) is 4. The first-order valence-electron chi connectivity index (χ1n) is 12.6. The van der Waals surface area contributed by atoms with Crippen LogP contribution >= 0.6 is 0 Å². The van der Waals surface area contributed by atoms with Crippen molar-refractivity contribution in [2.75, 3.05) is 41.4 Å². The highest BCUT2D eigenvalue weighted by molar-refractivity contribution is 5.98. The fourth-order valence-electron chi connectivity index (χ4n) is 6.62. The van der Waals surface area contributed by atoms with E-state index >= 15 is 0 Å². The molecular formula is C30H36N2O3. The Labute approximate surface area is 208 Å². The number of carbonyl (C=O) groups excluding carboxylic acids is 1. The molecule has 0 aromatic heterocycles. The highest BCUT2D eigenvalue weighted by Crippen LogP contribution is 2.54. The monoisotopic (exact) mass is 472 g/mol. The van der Waals surface area contributed by atoms with Crippen molar-refractivity contribution >= 4 is 16.7 Å². The van der Waals surface area contributed by atoms with Gasteiger partial charge in [-0.25, -0.2) is 0 Å². The van der Waals surface area contributed by atoms with Crippen LogP contribution in [0.3, 0.4) is 0 Å². The first kappa shape index (κ1) is 23.8. The lowest BCUT2D eigenvalue weighted by Crippen LogP contribution is -2.67. The Hall–Kier alpha value is -2.89. The number of likely N-dealkylation sites (tertiary alicyclic amines) is 1. The maximum absolute atomic E-state index is 13.7. The third-order valence-corrected chi connectivity index (χ3v) is 8.66. The van der Waals surface area contributed by atoms with Crippen molar-refractivity contribution in [3.63, 3.8) is 0 Å². The minimum atomic E-state index is -0.296. The zero-order valence-electron chi connectivity index (χ0n) is 21.3. The van der Waals surface area contributed by atoms with Gasteiger partial charge in [0.05, 0.1) is 12.7 Å². The second-order valence-corrected chi connectivity index (χ2v) is 10.4. The zero-order chi connectivity index (χ0) is 24.6. The summed E-state index contributed by atoms with van der Waals surface area (Å²) in [6.07, 6.45) is 3.69. The summed E-state index contributed by atoms with van der Waals surface area (Å²) in [5.41, 5.74) is 1.51. The molecule has 1 heterocycles. The third kappa shape index (κ3) is 4.01. The molecule has 3 aromatic rings. The summed E-state index contributed by atoms with van der Waals surface area (Å²) in [6.45, 7) is 1.88. The lowest BCUT2D eigenvalue weighted by Gasteiger charge is -2.60. The van der Waals surface area contributed by atoms with E-state index in [-0.39, 0.29) is 23.0 Å². The summed E-state index contributed by atoms with van der Waals surface area (Å²) in [5, 5.41) is 2.24. The highest BCUT2D eigenvalue weighted by Gasteiger charge is 2.59. The smallest absolute Gasteiger partial charge is 0.253 e. The van der Waals surface area contributed by atoms with Gasteiger partial charge in [-0.15, -0.1) is 0 Å². The van der Waals surface area contributed by atoms with Gasteiger partial charge >= 0.3 is 0 Å². The number of fused-ring (bicyclic) bond motifs is 2. The number of nitrogens with zero attached hydrogens (tertiary/aromatic N) is 2. The summed E-state index contributed by atoms with van der Waals surface area (Å²) in [7, 11) is 7.72. The van der Waals surface area contributed by atoms with Gasteiger partial charge in [0.15, 0.2) is 0 Å². The van der Waals surface area contributed by atoms with Crippen molar-refractivity contribution in [2.24, 2.45) is 0 Å². The molecule has 0 radical (unpaired) electrons. The number of carbonyl (C=O) groups is 1. The van der Waals surface area contributed by atoms with Crippen molar-refractivity contribution in [3.05, 3.63) is 77.9 Å². The molecular weight excluding hydrogens is 436 g/mol. The molecule has 0 spiro atoms. The van der Waals surface area contributed by atoms with Crippen molar-refractivity contribution in [3.8, 4) is 5.75 Å². The maximum atomic E-state index is 13.7. The van der Waals surface area contributed by atoms with Crippen LogP contribution in [0.15, 0.2) is 66.7 Å². The average Bonchev–Trinajstić information content (AvgIpc) is 2.91. The molecule has 5 heteroatoms. The van der Waals surface area contributed by atoms with E-state index in [2.05, 4.69) is 42.3 Å². The number of hydrogen-bond donors (Lipinski definition) is 0.